The average Bonchev–Trinajstić information content (AvgIpc) is 2.49. The van der Waals surface area contributed by atoms with Crippen LogP contribution in [0.5, 0.6) is 0 Å². The second kappa shape index (κ2) is 3.37. The molecular weight excluding hydrogens is 200 g/mol. The van der Waals surface area contributed by atoms with Crippen LogP contribution in [0.1, 0.15) is 24.8 Å². The van der Waals surface area contributed by atoms with Gasteiger partial charge in [0, 0.05) is 11.4 Å². The van der Waals surface area contributed by atoms with Gasteiger partial charge in [-0.25, -0.2) is 0 Å². The second-order valence-electron chi connectivity index (χ2n) is 3.64. The van der Waals surface area contributed by atoms with E-state index in [-0.39, 0.29) is 5.78 Å². The fraction of sp³-hybridized carbons (Fsp3) is 0.364. The molecule has 1 atom stereocenters. The first-order valence-electron chi connectivity index (χ1n) is 4.65. The maximum absolute atomic E-state index is 11.5. The largest absolute Gasteiger partial charge is 0.377 e. The van der Waals surface area contributed by atoms with Gasteiger partial charge in [-0.15, -0.1) is 0 Å². The highest BCUT2D eigenvalue weighted by molar-refractivity contribution is 6.30. The SMILES string of the molecule is O=C1CCC[C@]1(O)c1ccc(Cl)cc1. The number of hydrogen-bond acceptors (Lipinski definition) is 2. The minimum Gasteiger partial charge on any atom is -0.377 e. The van der Waals surface area contributed by atoms with Crippen LogP contribution in [-0.2, 0) is 10.4 Å². The molecule has 0 unspecified atom stereocenters. The van der Waals surface area contributed by atoms with E-state index in [1.165, 1.54) is 0 Å². The van der Waals surface area contributed by atoms with Crippen molar-refractivity contribution in [1.82, 2.24) is 0 Å². The van der Waals surface area contributed by atoms with E-state index in [2.05, 4.69) is 0 Å². The summed E-state index contributed by atoms with van der Waals surface area (Å²) in [6.07, 6.45) is 1.75. The molecule has 1 aromatic rings. The number of hydrogen-bond donors (Lipinski definition) is 1. The fourth-order valence-electron chi connectivity index (χ4n) is 1.88. The van der Waals surface area contributed by atoms with Crippen LogP contribution >= 0.6 is 11.6 Å². The Bertz CT molecular complexity index is 358. The molecule has 3 heteroatoms. The number of halogens is 1. The van der Waals surface area contributed by atoms with Crippen LogP contribution < -0.4 is 0 Å². The number of benzene rings is 1. The zero-order valence-corrected chi connectivity index (χ0v) is 8.42. The standard InChI is InChI=1S/C11H11ClO2/c12-9-5-3-8(4-6-9)11(14)7-1-2-10(11)13/h3-6,14H,1-2,7H2/t11-/m0/s1. The molecule has 74 valence electrons. The quantitative estimate of drug-likeness (QED) is 0.772. The normalized spacial score (nSPS) is 26.9. The summed E-state index contributed by atoms with van der Waals surface area (Å²) >= 11 is 5.73. The molecule has 0 bridgehead atoms. The molecule has 14 heavy (non-hydrogen) atoms. The zero-order valence-electron chi connectivity index (χ0n) is 7.66. The molecule has 0 radical (unpaired) electrons. The summed E-state index contributed by atoms with van der Waals surface area (Å²) in [5.74, 6) is -0.0835. The van der Waals surface area contributed by atoms with Crippen molar-refractivity contribution in [3.8, 4) is 0 Å². The minimum atomic E-state index is -1.26. The number of ketones is 1. The Labute approximate surface area is 87.5 Å². The van der Waals surface area contributed by atoms with Crippen LogP contribution in [0, 0.1) is 0 Å². The lowest BCUT2D eigenvalue weighted by Crippen LogP contribution is -2.30. The van der Waals surface area contributed by atoms with E-state index in [0.717, 1.165) is 6.42 Å². The zero-order chi connectivity index (χ0) is 10.2. The third kappa shape index (κ3) is 1.45. The van der Waals surface area contributed by atoms with Gasteiger partial charge in [0.2, 0.25) is 0 Å². The smallest absolute Gasteiger partial charge is 0.168 e. The summed E-state index contributed by atoms with van der Waals surface area (Å²) < 4.78 is 0. The van der Waals surface area contributed by atoms with Gasteiger partial charge in [0.15, 0.2) is 5.78 Å². The molecule has 1 aromatic carbocycles. The summed E-state index contributed by atoms with van der Waals surface area (Å²) in [4.78, 5) is 11.5. The van der Waals surface area contributed by atoms with Crippen LogP contribution in [0.2, 0.25) is 5.02 Å². The highest BCUT2D eigenvalue weighted by Gasteiger charge is 2.41. The number of rotatable bonds is 1. The van der Waals surface area contributed by atoms with Crippen LogP contribution in [-0.4, -0.2) is 10.9 Å². The van der Waals surface area contributed by atoms with Crippen molar-refractivity contribution in [3.63, 3.8) is 0 Å². The van der Waals surface area contributed by atoms with E-state index in [9.17, 15) is 9.90 Å². The molecule has 2 nitrogen and oxygen atoms in total. The Morgan fingerprint density at radius 3 is 2.43 bits per heavy atom. The average molecular weight is 211 g/mol. The van der Waals surface area contributed by atoms with Crippen molar-refractivity contribution >= 4 is 17.4 Å². The summed E-state index contributed by atoms with van der Waals surface area (Å²) in [6, 6.07) is 6.82. The molecule has 0 aromatic heterocycles. The molecular formula is C11H11ClO2. The summed E-state index contributed by atoms with van der Waals surface area (Å²) in [5, 5.41) is 10.7. The predicted octanol–water partition coefficient (Wildman–Crippen LogP) is 2.28. The number of carbonyl (C=O) groups excluding carboxylic acids is 1. The maximum Gasteiger partial charge on any atom is 0.168 e. The Hall–Kier alpha value is -0.860. The summed E-state index contributed by atoms with van der Waals surface area (Å²) in [7, 11) is 0. The van der Waals surface area contributed by atoms with Crippen LogP contribution in [0.15, 0.2) is 24.3 Å². The Morgan fingerprint density at radius 2 is 1.93 bits per heavy atom. The molecule has 0 spiro atoms. The highest BCUT2D eigenvalue weighted by Crippen LogP contribution is 2.35. The third-order valence-electron chi connectivity index (χ3n) is 2.73. The molecule has 2 rings (SSSR count). The number of carbonyl (C=O) groups is 1. The lowest BCUT2D eigenvalue weighted by Gasteiger charge is -2.20. The Kier molecular flexibility index (Phi) is 2.33. The molecule has 0 amide bonds. The van der Waals surface area contributed by atoms with E-state index >= 15 is 0 Å². The maximum atomic E-state index is 11.5. The van der Waals surface area contributed by atoms with Gasteiger partial charge in [-0.1, -0.05) is 23.7 Å². The van der Waals surface area contributed by atoms with Gasteiger partial charge in [-0.2, -0.15) is 0 Å². The van der Waals surface area contributed by atoms with E-state index in [1.807, 2.05) is 0 Å². The van der Waals surface area contributed by atoms with Crippen molar-refractivity contribution in [1.29, 1.82) is 0 Å². The first-order chi connectivity index (χ1) is 6.63. The summed E-state index contributed by atoms with van der Waals surface area (Å²) in [5.41, 5.74) is -0.602. The topological polar surface area (TPSA) is 37.3 Å². The predicted molar refractivity (Wildman–Crippen MR) is 54.2 cm³/mol. The Balaban J connectivity index is 2.38. The third-order valence-corrected chi connectivity index (χ3v) is 2.98. The molecule has 0 aliphatic heterocycles. The highest BCUT2D eigenvalue weighted by atomic mass is 35.5. The first kappa shape index (κ1) is 9.69. The van der Waals surface area contributed by atoms with Crippen molar-refractivity contribution in [2.45, 2.75) is 24.9 Å². The van der Waals surface area contributed by atoms with Gasteiger partial charge in [-0.05, 0) is 30.5 Å². The van der Waals surface area contributed by atoms with Gasteiger partial charge in [-0.3, -0.25) is 4.79 Å². The van der Waals surface area contributed by atoms with Gasteiger partial charge in [0.1, 0.15) is 5.60 Å². The van der Waals surface area contributed by atoms with Crippen LogP contribution in [0.4, 0.5) is 0 Å². The number of aliphatic hydroxyl groups is 1. The lowest BCUT2D eigenvalue weighted by molar-refractivity contribution is -0.134. The molecule has 1 aliphatic rings. The van der Waals surface area contributed by atoms with Crippen LogP contribution in [0.3, 0.4) is 0 Å². The molecule has 0 saturated heterocycles. The van der Waals surface area contributed by atoms with E-state index in [0.29, 0.717) is 23.4 Å². The molecule has 1 saturated carbocycles. The van der Waals surface area contributed by atoms with Gasteiger partial charge in [0.05, 0.1) is 0 Å². The first-order valence-corrected chi connectivity index (χ1v) is 5.02. The summed E-state index contributed by atoms with van der Waals surface area (Å²) in [6.45, 7) is 0. The fourth-order valence-corrected chi connectivity index (χ4v) is 2.01. The van der Waals surface area contributed by atoms with Crippen LogP contribution in [0.25, 0.3) is 0 Å². The van der Waals surface area contributed by atoms with E-state index in [4.69, 9.17) is 11.6 Å². The molecule has 0 heterocycles. The Morgan fingerprint density at radius 1 is 1.29 bits per heavy atom. The van der Waals surface area contributed by atoms with Crippen molar-refractivity contribution in [2.75, 3.05) is 0 Å². The van der Waals surface area contributed by atoms with Crippen molar-refractivity contribution in [2.24, 2.45) is 0 Å². The van der Waals surface area contributed by atoms with E-state index in [1.54, 1.807) is 24.3 Å². The monoisotopic (exact) mass is 210 g/mol. The molecule has 1 aliphatic carbocycles. The van der Waals surface area contributed by atoms with Gasteiger partial charge in [0.25, 0.3) is 0 Å². The molecule has 1 N–H and O–H groups in total. The van der Waals surface area contributed by atoms with Gasteiger partial charge < -0.3 is 5.11 Å². The number of Topliss-reactive ketones (excluding diaryl/α,β-unsaturated/α-hetero) is 1. The molecule has 1 fully saturated rings. The van der Waals surface area contributed by atoms with Gasteiger partial charge >= 0.3 is 0 Å². The lowest BCUT2D eigenvalue weighted by atomic mass is 9.91. The minimum absolute atomic E-state index is 0.0835. The van der Waals surface area contributed by atoms with E-state index < -0.39 is 5.60 Å². The second-order valence-corrected chi connectivity index (χ2v) is 4.08. The van der Waals surface area contributed by atoms with Crippen molar-refractivity contribution in [3.05, 3.63) is 34.9 Å². The van der Waals surface area contributed by atoms with Crippen molar-refractivity contribution < 1.29 is 9.90 Å².